The molecule has 1 atom stereocenters. The van der Waals surface area contributed by atoms with Crippen LogP contribution in [0.5, 0.6) is 11.5 Å². The van der Waals surface area contributed by atoms with Crippen molar-refractivity contribution in [2.45, 2.75) is 13.0 Å². The molecule has 150 valence electrons. The van der Waals surface area contributed by atoms with Gasteiger partial charge in [0.1, 0.15) is 5.82 Å². The van der Waals surface area contributed by atoms with Crippen molar-refractivity contribution in [2.24, 2.45) is 5.10 Å². The molecule has 0 aromatic heterocycles. The number of carbonyl (C=O) groups excluding carboxylic acids is 1. The molecule has 29 heavy (non-hydrogen) atoms. The Morgan fingerprint density at radius 2 is 2.03 bits per heavy atom. The zero-order chi connectivity index (χ0) is 21.0. The van der Waals surface area contributed by atoms with Gasteiger partial charge in [0.25, 0.3) is 5.91 Å². The third-order valence-corrected chi connectivity index (χ3v) is 4.52. The molecule has 0 aliphatic carbocycles. The van der Waals surface area contributed by atoms with E-state index in [1.807, 2.05) is 0 Å². The van der Waals surface area contributed by atoms with E-state index in [4.69, 9.17) is 17.0 Å². The number of allylic oxidation sites excluding steroid dienone is 1. The molecule has 1 unspecified atom stereocenters. The number of nitrogens with one attached hydrogen (secondary N) is 3. The SMILES string of the molecule is COc1cc(C2NC(=S)NC(C)=C2C(=O)N/N=C/c2ccc(F)cc2)ccc1O. The summed E-state index contributed by atoms with van der Waals surface area (Å²) in [6, 6.07) is 9.92. The lowest BCUT2D eigenvalue weighted by Gasteiger charge is -2.30. The van der Waals surface area contributed by atoms with Crippen LogP contribution in [0, 0.1) is 5.82 Å². The lowest BCUT2D eigenvalue weighted by molar-refractivity contribution is -0.117. The molecular weight excluding hydrogens is 395 g/mol. The maximum atomic E-state index is 13.0. The van der Waals surface area contributed by atoms with E-state index in [2.05, 4.69) is 21.2 Å². The van der Waals surface area contributed by atoms with Crippen LogP contribution in [0.3, 0.4) is 0 Å². The quantitative estimate of drug-likeness (QED) is 0.341. The van der Waals surface area contributed by atoms with E-state index in [0.717, 1.165) is 0 Å². The summed E-state index contributed by atoms with van der Waals surface area (Å²) < 4.78 is 18.1. The zero-order valence-electron chi connectivity index (χ0n) is 15.7. The summed E-state index contributed by atoms with van der Waals surface area (Å²) in [6.07, 6.45) is 1.42. The molecule has 1 heterocycles. The van der Waals surface area contributed by atoms with Gasteiger partial charge in [-0.2, -0.15) is 5.10 Å². The summed E-state index contributed by atoms with van der Waals surface area (Å²) in [4.78, 5) is 12.8. The molecule has 4 N–H and O–H groups in total. The average molecular weight is 414 g/mol. The Hall–Kier alpha value is -3.46. The molecule has 0 bridgehead atoms. The van der Waals surface area contributed by atoms with E-state index in [-0.39, 0.29) is 17.3 Å². The van der Waals surface area contributed by atoms with Gasteiger partial charge in [0.2, 0.25) is 0 Å². The van der Waals surface area contributed by atoms with Crippen LogP contribution in [0.25, 0.3) is 0 Å². The minimum absolute atomic E-state index is 0.0108. The summed E-state index contributed by atoms with van der Waals surface area (Å²) >= 11 is 5.22. The van der Waals surface area contributed by atoms with Crippen LogP contribution in [-0.2, 0) is 4.79 Å². The lowest BCUT2D eigenvalue weighted by atomic mass is 9.95. The smallest absolute Gasteiger partial charge is 0.271 e. The summed E-state index contributed by atoms with van der Waals surface area (Å²) in [7, 11) is 1.44. The van der Waals surface area contributed by atoms with Crippen molar-refractivity contribution in [3.05, 3.63) is 70.7 Å². The van der Waals surface area contributed by atoms with E-state index in [1.54, 1.807) is 31.2 Å². The molecule has 0 radical (unpaired) electrons. The Kier molecular flexibility index (Phi) is 6.08. The molecule has 0 saturated heterocycles. The first-order valence-corrected chi connectivity index (χ1v) is 9.04. The Morgan fingerprint density at radius 1 is 1.31 bits per heavy atom. The number of carbonyl (C=O) groups is 1. The Labute approximate surface area is 172 Å². The van der Waals surface area contributed by atoms with Crippen molar-refractivity contribution in [3.8, 4) is 11.5 Å². The summed E-state index contributed by atoms with van der Waals surface area (Å²) in [5.74, 6) is -0.529. The second kappa shape index (κ2) is 8.70. The standard InChI is InChI=1S/C20H19FN4O3S/c1-11-17(19(27)25-22-10-12-3-6-14(21)7-4-12)18(24-20(29)23-11)13-5-8-15(26)16(9-13)28-2/h3-10,18,26H,1-2H3,(H,25,27)(H2,23,24,29)/b22-10+. The number of amides is 1. The van der Waals surface area contributed by atoms with Crippen molar-refractivity contribution in [2.75, 3.05) is 7.11 Å². The van der Waals surface area contributed by atoms with Crippen LogP contribution in [0.15, 0.2) is 58.8 Å². The highest BCUT2D eigenvalue weighted by molar-refractivity contribution is 7.80. The molecule has 9 heteroatoms. The molecule has 1 aliphatic heterocycles. The molecule has 1 aliphatic rings. The van der Waals surface area contributed by atoms with Gasteiger partial charge in [0, 0.05) is 5.70 Å². The van der Waals surface area contributed by atoms with Gasteiger partial charge in [-0.15, -0.1) is 0 Å². The predicted octanol–water partition coefficient (Wildman–Crippen LogP) is 2.48. The fraction of sp³-hybridized carbons (Fsp3) is 0.150. The number of phenols is 1. The van der Waals surface area contributed by atoms with Gasteiger partial charge in [0.05, 0.1) is 24.9 Å². The normalized spacial score (nSPS) is 16.4. The number of hydrazone groups is 1. The van der Waals surface area contributed by atoms with Gasteiger partial charge in [-0.05, 0) is 54.5 Å². The highest BCUT2D eigenvalue weighted by Gasteiger charge is 2.30. The molecule has 7 nitrogen and oxygen atoms in total. The average Bonchev–Trinajstić information content (AvgIpc) is 2.69. The maximum absolute atomic E-state index is 13.0. The highest BCUT2D eigenvalue weighted by atomic mass is 32.1. The number of benzene rings is 2. The van der Waals surface area contributed by atoms with E-state index in [9.17, 15) is 14.3 Å². The number of hydrogen-bond donors (Lipinski definition) is 4. The topological polar surface area (TPSA) is 95.0 Å². The second-order valence-corrected chi connectivity index (χ2v) is 6.66. The molecule has 0 saturated carbocycles. The number of hydrogen-bond acceptors (Lipinski definition) is 5. The number of nitrogens with zero attached hydrogens (tertiary/aromatic N) is 1. The number of halogens is 1. The monoisotopic (exact) mass is 414 g/mol. The van der Waals surface area contributed by atoms with Crippen LogP contribution in [0.1, 0.15) is 24.1 Å². The first kappa shape index (κ1) is 20.3. The Morgan fingerprint density at radius 3 is 2.72 bits per heavy atom. The van der Waals surface area contributed by atoms with Gasteiger partial charge in [-0.1, -0.05) is 18.2 Å². The van der Waals surface area contributed by atoms with E-state index < -0.39 is 11.9 Å². The minimum Gasteiger partial charge on any atom is -0.504 e. The molecule has 3 rings (SSSR count). The van der Waals surface area contributed by atoms with Gasteiger partial charge >= 0.3 is 0 Å². The van der Waals surface area contributed by atoms with Crippen LogP contribution >= 0.6 is 12.2 Å². The Bertz CT molecular complexity index is 1010. The van der Waals surface area contributed by atoms with E-state index >= 15 is 0 Å². The number of ether oxygens (including phenoxy) is 1. The van der Waals surface area contributed by atoms with Crippen LogP contribution < -0.4 is 20.8 Å². The van der Waals surface area contributed by atoms with E-state index in [1.165, 1.54) is 31.5 Å². The summed E-state index contributed by atoms with van der Waals surface area (Å²) in [5, 5.41) is 20.1. The third kappa shape index (κ3) is 4.69. The number of aromatic hydroxyl groups is 1. The second-order valence-electron chi connectivity index (χ2n) is 6.25. The summed E-state index contributed by atoms with van der Waals surface area (Å²) in [5.41, 5.74) is 4.74. The first-order valence-electron chi connectivity index (χ1n) is 8.63. The van der Waals surface area contributed by atoms with Crippen LogP contribution in [-0.4, -0.2) is 29.5 Å². The van der Waals surface area contributed by atoms with Crippen LogP contribution in [0.2, 0.25) is 0 Å². The number of methoxy groups -OCH3 is 1. The molecule has 0 spiro atoms. The largest absolute Gasteiger partial charge is 0.504 e. The zero-order valence-corrected chi connectivity index (χ0v) is 16.5. The van der Waals surface area contributed by atoms with Crippen LogP contribution in [0.4, 0.5) is 4.39 Å². The third-order valence-electron chi connectivity index (χ3n) is 4.30. The Balaban J connectivity index is 1.85. The van der Waals surface area contributed by atoms with Gasteiger partial charge in [-0.3, -0.25) is 4.79 Å². The molecule has 2 aromatic carbocycles. The fourth-order valence-electron chi connectivity index (χ4n) is 2.89. The highest BCUT2D eigenvalue weighted by Crippen LogP contribution is 2.33. The molecule has 0 fully saturated rings. The summed E-state index contributed by atoms with van der Waals surface area (Å²) in [6.45, 7) is 1.73. The van der Waals surface area contributed by atoms with Gasteiger partial charge in [-0.25, -0.2) is 9.82 Å². The minimum atomic E-state index is -0.570. The number of rotatable bonds is 5. The molecule has 2 aromatic rings. The molecular formula is C20H19FN4O3S. The van der Waals surface area contributed by atoms with Crippen molar-refractivity contribution in [1.82, 2.24) is 16.1 Å². The van der Waals surface area contributed by atoms with Gasteiger partial charge in [0.15, 0.2) is 16.6 Å². The number of phenolic OH excluding ortho intramolecular Hbond substituents is 1. The first-order chi connectivity index (χ1) is 13.9. The van der Waals surface area contributed by atoms with Crippen molar-refractivity contribution >= 4 is 29.5 Å². The maximum Gasteiger partial charge on any atom is 0.271 e. The van der Waals surface area contributed by atoms with Gasteiger partial charge < -0.3 is 20.5 Å². The van der Waals surface area contributed by atoms with Crippen molar-refractivity contribution < 1.29 is 19.0 Å². The lowest BCUT2D eigenvalue weighted by Crippen LogP contribution is -2.46. The fourth-order valence-corrected chi connectivity index (χ4v) is 3.16. The molecule has 1 amide bonds. The van der Waals surface area contributed by atoms with Crippen molar-refractivity contribution in [3.63, 3.8) is 0 Å². The van der Waals surface area contributed by atoms with Crippen molar-refractivity contribution in [1.29, 1.82) is 0 Å². The number of thiocarbonyl (C=S) groups is 1. The van der Waals surface area contributed by atoms with E-state index in [0.29, 0.717) is 27.5 Å². The predicted molar refractivity (Wildman–Crippen MR) is 111 cm³/mol.